The molecule has 0 saturated heterocycles. The van der Waals surface area contributed by atoms with Crippen molar-refractivity contribution in [3.05, 3.63) is 64.7 Å². The number of para-hydroxylation sites is 1. The Labute approximate surface area is 125 Å². The van der Waals surface area contributed by atoms with Crippen LogP contribution in [-0.2, 0) is 6.54 Å². The molecule has 2 rings (SSSR count). The van der Waals surface area contributed by atoms with Crippen LogP contribution in [0.4, 0.5) is 5.69 Å². The van der Waals surface area contributed by atoms with E-state index in [9.17, 15) is 5.11 Å². The Kier molecular flexibility index (Phi) is 5.05. The second-order valence-electron chi connectivity index (χ2n) is 4.93. The van der Waals surface area contributed by atoms with Crippen LogP contribution in [0.5, 0.6) is 0 Å². The second-order valence-corrected chi connectivity index (χ2v) is 5.34. The Morgan fingerprint density at radius 1 is 1.10 bits per heavy atom. The molecule has 2 nitrogen and oxygen atoms in total. The molecule has 0 bridgehead atoms. The molecule has 0 fully saturated rings. The third-order valence-electron chi connectivity index (χ3n) is 3.46. The van der Waals surface area contributed by atoms with Gasteiger partial charge in [-0.2, -0.15) is 0 Å². The number of halogens is 1. The third-order valence-corrected chi connectivity index (χ3v) is 3.83. The number of aliphatic hydroxyl groups excluding tert-OH is 1. The monoisotopic (exact) mass is 289 g/mol. The summed E-state index contributed by atoms with van der Waals surface area (Å²) in [5, 5.41) is 10.9. The first kappa shape index (κ1) is 14.9. The molecule has 1 N–H and O–H groups in total. The van der Waals surface area contributed by atoms with Gasteiger partial charge in [-0.3, -0.25) is 0 Å². The fraction of sp³-hybridized carbons (Fsp3) is 0.294. The third kappa shape index (κ3) is 3.33. The Bertz CT molecular complexity index is 570. The van der Waals surface area contributed by atoms with E-state index in [2.05, 4.69) is 4.90 Å². The lowest BCUT2D eigenvalue weighted by Gasteiger charge is -2.24. The zero-order valence-electron chi connectivity index (χ0n) is 11.9. The molecule has 0 unspecified atom stereocenters. The molecule has 1 atom stereocenters. The summed E-state index contributed by atoms with van der Waals surface area (Å²) >= 11 is 6.21. The first-order valence-corrected chi connectivity index (χ1v) is 7.22. The molecule has 0 aromatic heterocycles. The molecular weight excluding hydrogens is 270 g/mol. The lowest BCUT2D eigenvalue weighted by atomic mass is 10.0. The van der Waals surface area contributed by atoms with E-state index >= 15 is 0 Å². The van der Waals surface area contributed by atoms with Crippen LogP contribution in [0.1, 0.15) is 30.6 Å². The number of nitrogens with zero attached hydrogens (tertiary/aromatic N) is 1. The van der Waals surface area contributed by atoms with Gasteiger partial charge in [0.2, 0.25) is 0 Å². The predicted molar refractivity (Wildman–Crippen MR) is 85.3 cm³/mol. The predicted octanol–water partition coefficient (Wildman–Crippen LogP) is 4.42. The van der Waals surface area contributed by atoms with E-state index in [1.165, 1.54) is 0 Å². The van der Waals surface area contributed by atoms with Crippen molar-refractivity contribution in [1.29, 1.82) is 0 Å². The molecule has 0 aliphatic heterocycles. The van der Waals surface area contributed by atoms with Gasteiger partial charge in [0, 0.05) is 29.9 Å². The highest BCUT2D eigenvalue weighted by atomic mass is 35.5. The van der Waals surface area contributed by atoms with Crippen molar-refractivity contribution in [3.63, 3.8) is 0 Å². The summed E-state index contributed by atoms with van der Waals surface area (Å²) in [6.45, 7) is 2.70. The van der Waals surface area contributed by atoms with Crippen LogP contribution in [0.15, 0.2) is 48.5 Å². The van der Waals surface area contributed by atoms with Gasteiger partial charge in [0.05, 0.1) is 6.10 Å². The molecule has 106 valence electrons. The number of benzene rings is 2. The van der Waals surface area contributed by atoms with Gasteiger partial charge in [0.25, 0.3) is 0 Å². The maximum absolute atomic E-state index is 10.1. The normalized spacial score (nSPS) is 12.2. The maximum atomic E-state index is 10.1. The van der Waals surface area contributed by atoms with E-state index in [1.54, 1.807) is 0 Å². The van der Waals surface area contributed by atoms with Gasteiger partial charge in [-0.05, 0) is 24.1 Å². The highest BCUT2D eigenvalue weighted by Gasteiger charge is 2.13. The van der Waals surface area contributed by atoms with Gasteiger partial charge < -0.3 is 10.0 Å². The molecule has 0 heterocycles. The Morgan fingerprint density at radius 2 is 1.75 bits per heavy atom. The Hall–Kier alpha value is -1.51. The van der Waals surface area contributed by atoms with Crippen LogP contribution >= 0.6 is 11.6 Å². The SMILES string of the molecule is CC[C@@H](O)c1ccccc1N(C)Cc1ccccc1Cl. The molecule has 0 saturated carbocycles. The van der Waals surface area contributed by atoms with Crippen molar-refractivity contribution in [2.45, 2.75) is 26.0 Å². The average Bonchev–Trinajstić information content (AvgIpc) is 2.48. The van der Waals surface area contributed by atoms with E-state index in [0.717, 1.165) is 21.8 Å². The van der Waals surface area contributed by atoms with E-state index in [1.807, 2.05) is 62.5 Å². The fourth-order valence-electron chi connectivity index (χ4n) is 2.30. The summed E-state index contributed by atoms with van der Waals surface area (Å²) in [4.78, 5) is 2.12. The van der Waals surface area contributed by atoms with Crippen molar-refractivity contribution < 1.29 is 5.11 Å². The van der Waals surface area contributed by atoms with Crippen molar-refractivity contribution >= 4 is 17.3 Å². The summed E-state index contributed by atoms with van der Waals surface area (Å²) in [6, 6.07) is 15.8. The molecule has 20 heavy (non-hydrogen) atoms. The molecule has 2 aromatic rings. The highest BCUT2D eigenvalue weighted by molar-refractivity contribution is 6.31. The Balaban J connectivity index is 2.26. The minimum absolute atomic E-state index is 0.431. The van der Waals surface area contributed by atoms with Gasteiger partial charge in [-0.25, -0.2) is 0 Å². The molecular formula is C17H20ClNO. The summed E-state index contributed by atoms with van der Waals surface area (Å²) < 4.78 is 0. The van der Waals surface area contributed by atoms with Gasteiger partial charge in [0.1, 0.15) is 0 Å². The zero-order valence-corrected chi connectivity index (χ0v) is 12.6. The summed E-state index contributed by atoms with van der Waals surface area (Å²) in [5.41, 5.74) is 3.09. The smallest absolute Gasteiger partial charge is 0.0807 e. The van der Waals surface area contributed by atoms with Crippen molar-refractivity contribution in [2.75, 3.05) is 11.9 Å². The highest BCUT2D eigenvalue weighted by Crippen LogP contribution is 2.29. The van der Waals surface area contributed by atoms with Gasteiger partial charge >= 0.3 is 0 Å². The van der Waals surface area contributed by atoms with Crippen LogP contribution in [-0.4, -0.2) is 12.2 Å². The summed E-state index contributed by atoms with van der Waals surface area (Å²) in [6.07, 6.45) is 0.275. The van der Waals surface area contributed by atoms with Crippen molar-refractivity contribution in [1.82, 2.24) is 0 Å². The molecule has 3 heteroatoms. The summed E-state index contributed by atoms with van der Waals surface area (Å²) in [7, 11) is 2.02. The quantitative estimate of drug-likeness (QED) is 0.881. The first-order chi connectivity index (χ1) is 9.63. The summed E-state index contributed by atoms with van der Waals surface area (Å²) in [5.74, 6) is 0. The number of rotatable bonds is 5. The van der Waals surface area contributed by atoms with Crippen molar-refractivity contribution in [2.24, 2.45) is 0 Å². The van der Waals surface area contributed by atoms with Gasteiger partial charge in [0.15, 0.2) is 0 Å². The molecule has 2 aromatic carbocycles. The van der Waals surface area contributed by atoms with Crippen LogP contribution in [0.3, 0.4) is 0 Å². The van der Waals surface area contributed by atoms with Crippen LogP contribution in [0, 0.1) is 0 Å². The van der Waals surface area contributed by atoms with Crippen molar-refractivity contribution in [3.8, 4) is 0 Å². The van der Waals surface area contributed by atoms with Crippen LogP contribution in [0.2, 0.25) is 5.02 Å². The maximum Gasteiger partial charge on any atom is 0.0807 e. The number of anilines is 1. The fourth-order valence-corrected chi connectivity index (χ4v) is 2.50. The number of aliphatic hydroxyl groups is 1. The number of hydrogen-bond donors (Lipinski definition) is 1. The van der Waals surface area contributed by atoms with E-state index in [-0.39, 0.29) is 0 Å². The van der Waals surface area contributed by atoms with E-state index in [4.69, 9.17) is 11.6 Å². The molecule has 0 aliphatic carbocycles. The molecule has 0 aliphatic rings. The minimum atomic E-state index is -0.431. The largest absolute Gasteiger partial charge is 0.388 e. The topological polar surface area (TPSA) is 23.5 Å². The van der Waals surface area contributed by atoms with E-state index < -0.39 is 6.10 Å². The molecule has 0 amide bonds. The lowest BCUT2D eigenvalue weighted by molar-refractivity contribution is 0.174. The first-order valence-electron chi connectivity index (χ1n) is 6.85. The second kappa shape index (κ2) is 6.78. The zero-order chi connectivity index (χ0) is 14.5. The lowest BCUT2D eigenvalue weighted by Crippen LogP contribution is -2.19. The average molecular weight is 290 g/mol. The van der Waals surface area contributed by atoms with Crippen LogP contribution in [0.25, 0.3) is 0 Å². The van der Waals surface area contributed by atoms with E-state index in [0.29, 0.717) is 13.0 Å². The number of hydrogen-bond acceptors (Lipinski definition) is 2. The molecule has 0 spiro atoms. The standard InChI is InChI=1S/C17H20ClNO/c1-3-17(20)14-9-5-7-11-16(14)19(2)12-13-8-4-6-10-15(13)18/h4-11,17,20H,3,12H2,1-2H3/t17-/m1/s1. The van der Waals surface area contributed by atoms with Gasteiger partial charge in [-0.15, -0.1) is 0 Å². The van der Waals surface area contributed by atoms with Crippen LogP contribution < -0.4 is 4.90 Å². The Morgan fingerprint density at radius 3 is 2.45 bits per heavy atom. The minimum Gasteiger partial charge on any atom is -0.388 e. The molecule has 0 radical (unpaired) electrons. The van der Waals surface area contributed by atoms with Gasteiger partial charge in [-0.1, -0.05) is 54.9 Å².